The Morgan fingerprint density at radius 2 is 1.31 bits per heavy atom. The number of carbonyl (C=O) groups excluding carboxylic acids is 7. The highest BCUT2D eigenvalue weighted by Crippen LogP contribution is 2.35. The van der Waals surface area contributed by atoms with Gasteiger partial charge in [0.25, 0.3) is 11.8 Å². The highest BCUT2D eigenvalue weighted by atomic mass is 16.4. The number of aliphatic carboxylic acids is 2. The quantitative estimate of drug-likeness (QED) is 0.0397. The van der Waals surface area contributed by atoms with Gasteiger partial charge in [0.05, 0.1) is 6.04 Å². The summed E-state index contributed by atoms with van der Waals surface area (Å²) in [5.74, 6) is -6.62. The van der Waals surface area contributed by atoms with Gasteiger partial charge in [0, 0.05) is 99.3 Å². The number of carboxylic acid groups (broad SMARTS) is 2. The number of hydrogen-bond acceptors (Lipinski definition) is 11. The maximum Gasteiger partial charge on any atom is 0.326 e. The van der Waals surface area contributed by atoms with Crippen LogP contribution in [0.25, 0.3) is 10.8 Å². The summed E-state index contributed by atoms with van der Waals surface area (Å²) in [6, 6.07) is 6.35. The second-order valence-electron chi connectivity index (χ2n) is 16.7. The van der Waals surface area contributed by atoms with Gasteiger partial charge in [-0.05, 0) is 69.6 Å². The number of nitrogens with two attached hydrogens (primary N) is 2. The van der Waals surface area contributed by atoms with Crippen molar-refractivity contribution in [1.29, 1.82) is 0 Å². The van der Waals surface area contributed by atoms with Crippen LogP contribution in [0.4, 0.5) is 5.69 Å². The van der Waals surface area contributed by atoms with Gasteiger partial charge in [0.1, 0.15) is 11.8 Å². The van der Waals surface area contributed by atoms with E-state index in [4.69, 9.17) is 16.6 Å². The number of ketones is 1. The zero-order valence-electron chi connectivity index (χ0n) is 37.3. The van der Waals surface area contributed by atoms with E-state index in [0.717, 1.165) is 67.3 Å². The lowest BCUT2D eigenvalue weighted by Gasteiger charge is -2.29. The topological polar surface area (TPSA) is 289 Å². The average molecular weight is 894 g/mol. The van der Waals surface area contributed by atoms with E-state index in [9.17, 15) is 48.3 Å². The number of primary amides is 1. The third-order valence-electron chi connectivity index (χ3n) is 11.4. The molecular weight excluding hydrogens is 827 g/mol. The SMILES string of the molecule is CN(C)c1ccc2c3c(cccc13)C(=O)N(CC[C@@H](CC(=O)[C@@H](N)CCCCNC(=O)CCCCCCCCCCC(N)=O)C(=O)NCC[C@@H](NC(=O)CCCC(=O)O)C(=O)O)C2=O. The molecule has 0 aliphatic carbocycles. The fourth-order valence-electron chi connectivity index (χ4n) is 7.75. The molecule has 3 atom stereocenters. The molecule has 0 fully saturated rings. The first-order valence-corrected chi connectivity index (χ1v) is 22.5. The Balaban J connectivity index is 1.55. The van der Waals surface area contributed by atoms with Crippen molar-refractivity contribution in [1.82, 2.24) is 20.9 Å². The fraction of sp³-hybridized carbons (Fsp3) is 0.587. The maximum atomic E-state index is 13.8. The van der Waals surface area contributed by atoms with Crippen molar-refractivity contribution in [2.45, 2.75) is 134 Å². The largest absolute Gasteiger partial charge is 0.481 e. The Kier molecular flexibility index (Phi) is 22.4. The monoisotopic (exact) mass is 893 g/mol. The molecule has 2 aromatic rings. The number of nitrogens with zero attached hydrogens (tertiary/aromatic N) is 2. The highest BCUT2D eigenvalue weighted by molar-refractivity contribution is 6.26. The van der Waals surface area contributed by atoms with Crippen LogP contribution in [0, 0.1) is 5.92 Å². The smallest absolute Gasteiger partial charge is 0.326 e. The molecule has 0 aromatic heterocycles. The summed E-state index contributed by atoms with van der Waals surface area (Å²) in [7, 11) is 3.72. The number of unbranched alkanes of at least 4 members (excludes halogenated alkanes) is 8. The van der Waals surface area contributed by atoms with Crippen LogP contribution in [0.2, 0.25) is 0 Å². The fourth-order valence-corrected chi connectivity index (χ4v) is 7.75. The van der Waals surface area contributed by atoms with Crippen molar-refractivity contribution < 1.29 is 53.4 Å². The van der Waals surface area contributed by atoms with E-state index < -0.39 is 59.4 Å². The van der Waals surface area contributed by atoms with Gasteiger partial charge in [-0.2, -0.15) is 0 Å². The molecule has 0 saturated heterocycles. The van der Waals surface area contributed by atoms with Crippen LogP contribution in [0.3, 0.4) is 0 Å². The second kappa shape index (κ2) is 27.3. The molecule has 0 saturated carbocycles. The lowest BCUT2D eigenvalue weighted by atomic mass is 9.90. The molecule has 0 spiro atoms. The number of carboxylic acids is 2. The standard InChI is InChI=1S/C46H67N7O11/c1-52(2)36-23-22-33-42-31(36)15-13-16-32(42)44(61)53(45(33)62)28-25-30(43(60)50-27-24-35(46(63)64)51-40(57)20-14-21-41(58)59)29-37(54)34(47)17-11-12-26-49-39(56)19-10-8-6-4-3-5-7-9-18-38(48)55/h13,15-16,22-23,30,34-35H,3-12,14,17-21,24-29,47H2,1-2H3,(H2,48,55)(H,49,56)(H,50,60)(H,51,57)(H,58,59)(H,63,64)/t30-,34-,35+/m0/s1. The van der Waals surface area contributed by atoms with Gasteiger partial charge in [0.2, 0.25) is 23.6 Å². The molecule has 18 nitrogen and oxygen atoms in total. The first-order chi connectivity index (χ1) is 30.5. The van der Waals surface area contributed by atoms with Gasteiger partial charge in [-0.25, -0.2) is 4.79 Å². The van der Waals surface area contributed by atoms with Crippen molar-refractivity contribution in [2.75, 3.05) is 38.6 Å². The molecule has 64 heavy (non-hydrogen) atoms. The number of amides is 6. The third kappa shape index (κ3) is 17.3. The molecular formula is C46H67N7O11. The normalized spacial score (nSPS) is 13.5. The maximum absolute atomic E-state index is 13.8. The van der Waals surface area contributed by atoms with Crippen molar-refractivity contribution in [3.05, 3.63) is 41.5 Å². The van der Waals surface area contributed by atoms with E-state index in [1.165, 1.54) is 0 Å². The van der Waals surface area contributed by atoms with E-state index in [-0.39, 0.29) is 69.8 Å². The van der Waals surface area contributed by atoms with Gasteiger partial charge in [-0.1, -0.05) is 50.7 Å². The number of benzene rings is 2. The Morgan fingerprint density at radius 1 is 0.688 bits per heavy atom. The summed E-state index contributed by atoms with van der Waals surface area (Å²) in [6.07, 6.45) is 9.00. The summed E-state index contributed by atoms with van der Waals surface area (Å²) in [5, 5.41) is 27.6. The van der Waals surface area contributed by atoms with Crippen LogP contribution in [-0.4, -0.2) is 114 Å². The lowest BCUT2D eigenvalue weighted by molar-refractivity contribution is -0.142. The predicted molar refractivity (Wildman–Crippen MR) is 240 cm³/mol. The summed E-state index contributed by atoms with van der Waals surface area (Å²) >= 11 is 0. The van der Waals surface area contributed by atoms with Gasteiger partial charge >= 0.3 is 11.9 Å². The van der Waals surface area contributed by atoms with Crippen LogP contribution in [-0.2, 0) is 33.6 Å². The Hall–Kier alpha value is -5.91. The number of Topliss-reactive ketones (excluding diaryl/α,β-unsaturated/α-hetero) is 1. The number of anilines is 1. The molecule has 2 aromatic carbocycles. The molecule has 0 unspecified atom stereocenters. The summed E-state index contributed by atoms with van der Waals surface area (Å²) in [5.41, 5.74) is 12.9. The van der Waals surface area contributed by atoms with Crippen LogP contribution >= 0.6 is 0 Å². The third-order valence-corrected chi connectivity index (χ3v) is 11.4. The number of hydrogen-bond donors (Lipinski definition) is 7. The average Bonchev–Trinajstić information content (AvgIpc) is 3.24. The minimum atomic E-state index is -1.39. The lowest BCUT2D eigenvalue weighted by Crippen LogP contribution is -2.45. The number of carbonyl (C=O) groups is 9. The van der Waals surface area contributed by atoms with E-state index >= 15 is 0 Å². The zero-order valence-corrected chi connectivity index (χ0v) is 37.3. The second-order valence-corrected chi connectivity index (χ2v) is 16.7. The van der Waals surface area contributed by atoms with E-state index in [1.807, 2.05) is 25.1 Å². The molecule has 9 N–H and O–H groups in total. The highest BCUT2D eigenvalue weighted by Gasteiger charge is 2.35. The Bertz CT molecular complexity index is 1950. The summed E-state index contributed by atoms with van der Waals surface area (Å²) in [4.78, 5) is 116. The van der Waals surface area contributed by atoms with Crippen molar-refractivity contribution in [2.24, 2.45) is 17.4 Å². The van der Waals surface area contributed by atoms with E-state index in [0.29, 0.717) is 48.7 Å². The molecule has 1 heterocycles. The molecule has 0 bridgehead atoms. The number of imide groups is 1. The minimum absolute atomic E-state index is 0.0178. The summed E-state index contributed by atoms with van der Waals surface area (Å²) in [6.45, 7) is 0.00803. The molecule has 18 heteroatoms. The van der Waals surface area contributed by atoms with Crippen molar-refractivity contribution in [3.63, 3.8) is 0 Å². The van der Waals surface area contributed by atoms with Gasteiger partial charge in [0.15, 0.2) is 0 Å². The van der Waals surface area contributed by atoms with Gasteiger partial charge < -0.3 is 42.5 Å². The number of rotatable bonds is 33. The predicted octanol–water partition coefficient (Wildman–Crippen LogP) is 3.80. The van der Waals surface area contributed by atoms with Crippen LogP contribution < -0.4 is 32.3 Å². The summed E-state index contributed by atoms with van der Waals surface area (Å²) < 4.78 is 0. The Morgan fingerprint density at radius 3 is 1.94 bits per heavy atom. The van der Waals surface area contributed by atoms with Crippen LogP contribution in [0.5, 0.6) is 0 Å². The van der Waals surface area contributed by atoms with Gasteiger partial charge in [-0.3, -0.25) is 43.3 Å². The number of nitrogens with one attached hydrogen (secondary N) is 3. The van der Waals surface area contributed by atoms with Crippen LogP contribution in [0.1, 0.15) is 143 Å². The molecule has 3 rings (SSSR count). The van der Waals surface area contributed by atoms with Crippen LogP contribution in [0.15, 0.2) is 30.3 Å². The minimum Gasteiger partial charge on any atom is -0.481 e. The molecule has 1 aliphatic heterocycles. The molecule has 352 valence electrons. The molecule has 1 aliphatic rings. The van der Waals surface area contributed by atoms with Crippen molar-refractivity contribution >= 4 is 69.6 Å². The van der Waals surface area contributed by atoms with Gasteiger partial charge in [-0.15, -0.1) is 0 Å². The first kappa shape index (κ1) is 52.4. The zero-order chi connectivity index (χ0) is 47.2. The van der Waals surface area contributed by atoms with E-state index in [2.05, 4.69) is 16.0 Å². The van der Waals surface area contributed by atoms with Crippen molar-refractivity contribution in [3.8, 4) is 0 Å². The molecule has 0 radical (unpaired) electrons. The molecule has 6 amide bonds. The van der Waals surface area contributed by atoms with E-state index in [1.54, 1.807) is 24.3 Å². The Labute approximate surface area is 374 Å². The first-order valence-electron chi connectivity index (χ1n) is 22.5.